The maximum absolute atomic E-state index is 13.0. The van der Waals surface area contributed by atoms with E-state index in [1.54, 1.807) is 7.11 Å². The van der Waals surface area contributed by atoms with Gasteiger partial charge in [0.15, 0.2) is 0 Å². The lowest BCUT2D eigenvalue weighted by molar-refractivity contribution is 0.0579. The lowest BCUT2D eigenvalue weighted by atomic mass is 9.96. The number of amides is 1. The summed E-state index contributed by atoms with van der Waals surface area (Å²) in [5.74, 6) is 3.61. The van der Waals surface area contributed by atoms with E-state index < -0.39 is 0 Å². The fourth-order valence-electron chi connectivity index (χ4n) is 3.31. The Bertz CT molecular complexity index is 785. The van der Waals surface area contributed by atoms with Crippen molar-refractivity contribution in [2.45, 2.75) is 12.8 Å². The normalized spacial score (nSPS) is 15.1. The van der Waals surface area contributed by atoms with Gasteiger partial charge in [-0.25, -0.2) is 0 Å². The van der Waals surface area contributed by atoms with Crippen molar-refractivity contribution >= 4 is 16.7 Å². The Kier molecular flexibility index (Phi) is 5.57. The van der Waals surface area contributed by atoms with Crippen LogP contribution in [0.4, 0.5) is 0 Å². The highest BCUT2D eigenvalue weighted by atomic mass is 16.5. The highest BCUT2D eigenvalue weighted by Gasteiger charge is 2.25. The van der Waals surface area contributed by atoms with E-state index in [4.69, 9.17) is 15.9 Å². The van der Waals surface area contributed by atoms with Crippen molar-refractivity contribution in [2.24, 2.45) is 5.92 Å². The van der Waals surface area contributed by atoms with Gasteiger partial charge in [0, 0.05) is 13.1 Å². The van der Waals surface area contributed by atoms with Crippen molar-refractivity contribution < 1.29 is 14.3 Å². The molecule has 4 heteroatoms. The first-order valence-electron chi connectivity index (χ1n) is 8.60. The van der Waals surface area contributed by atoms with Crippen LogP contribution in [0.1, 0.15) is 23.2 Å². The number of ether oxygens (including phenoxy) is 2. The number of fused-ring (bicyclic) bond motifs is 1. The minimum atomic E-state index is 0.0330. The monoisotopic (exact) mass is 337 g/mol. The van der Waals surface area contributed by atoms with Crippen LogP contribution in [0.5, 0.6) is 5.75 Å². The smallest absolute Gasteiger partial charge is 0.257 e. The molecule has 0 spiro atoms. The average molecular weight is 337 g/mol. The predicted molar refractivity (Wildman–Crippen MR) is 98.8 cm³/mol. The molecule has 1 amide bonds. The quantitative estimate of drug-likeness (QED) is 0.620. The summed E-state index contributed by atoms with van der Waals surface area (Å²) >= 11 is 0. The number of carbonyl (C=O) groups is 1. The van der Waals surface area contributed by atoms with Gasteiger partial charge >= 0.3 is 0 Å². The summed E-state index contributed by atoms with van der Waals surface area (Å²) in [6.45, 7) is 2.50. The van der Waals surface area contributed by atoms with Crippen molar-refractivity contribution in [2.75, 3.05) is 33.4 Å². The van der Waals surface area contributed by atoms with Crippen molar-refractivity contribution in [3.05, 3.63) is 42.0 Å². The van der Waals surface area contributed by atoms with E-state index >= 15 is 0 Å². The molecule has 0 radical (unpaired) electrons. The summed E-state index contributed by atoms with van der Waals surface area (Å²) in [5.41, 5.74) is 0.628. The molecule has 1 aliphatic rings. The van der Waals surface area contributed by atoms with E-state index in [1.807, 2.05) is 41.3 Å². The van der Waals surface area contributed by atoms with Gasteiger partial charge < -0.3 is 14.4 Å². The van der Waals surface area contributed by atoms with E-state index in [0.29, 0.717) is 30.4 Å². The summed E-state index contributed by atoms with van der Waals surface area (Å²) in [4.78, 5) is 14.9. The molecule has 1 saturated heterocycles. The Labute approximate surface area is 148 Å². The maximum atomic E-state index is 13.0. The third kappa shape index (κ3) is 3.94. The standard InChI is InChI=1S/C21H23NO3/c1-3-12-25-15-16-8-10-22(11-9-16)21(23)19-13-17-6-4-5-7-18(17)14-20(19)24-2/h1,4-7,13-14,16H,8-12,15H2,2H3. The van der Waals surface area contributed by atoms with E-state index in [2.05, 4.69) is 5.92 Å². The molecule has 25 heavy (non-hydrogen) atoms. The lowest BCUT2D eigenvalue weighted by Crippen LogP contribution is -2.39. The zero-order chi connectivity index (χ0) is 17.6. The highest BCUT2D eigenvalue weighted by Crippen LogP contribution is 2.28. The molecule has 1 fully saturated rings. The molecular weight excluding hydrogens is 314 g/mol. The molecule has 2 aromatic carbocycles. The van der Waals surface area contributed by atoms with Crippen molar-refractivity contribution in [3.8, 4) is 18.1 Å². The van der Waals surface area contributed by atoms with E-state index in [9.17, 15) is 4.79 Å². The zero-order valence-electron chi connectivity index (χ0n) is 14.5. The first-order valence-corrected chi connectivity index (χ1v) is 8.60. The molecule has 0 unspecified atom stereocenters. The summed E-state index contributed by atoms with van der Waals surface area (Å²) in [6, 6.07) is 11.9. The van der Waals surface area contributed by atoms with Crippen LogP contribution in [0, 0.1) is 18.3 Å². The van der Waals surface area contributed by atoms with Gasteiger partial charge in [-0.3, -0.25) is 4.79 Å². The number of piperidine rings is 1. The molecule has 3 rings (SSSR count). The van der Waals surface area contributed by atoms with Crippen LogP contribution < -0.4 is 4.74 Å². The largest absolute Gasteiger partial charge is 0.496 e. The molecular formula is C21H23NO3. The van der Waals surface area contributed by atoms with Crippen molar-refractivity contribution in [3.63, 3.8) is 0 Å². The SMILES string of the molecule is C#CCOCC1CCN(C(=O)c2cc3ccccc3cc2OC)CC1. The second kappa shape index (κ2) is 8.04. The number of nitrogens with zero attached hydrogens (tertiary/aromatic N) is 1. The molecule has 4 nitrogen and oxygen atoms in total. The molecule has 1 heterocycles. The maximum Gasteiger partial charge on any atom is 0.257 e. The van der Waals surface area contributed by atoms with Crippen molar-refractivity contribution in [1.29, 1.82) is 0 Å². The number of hydrogen-bond donors (Lipinski definition) is 0. The van der Waals surface area contributed by atoms with Gasteiger partial charge in [-0.1, -0.05) is 30.2 Å². The first-order chi connectivity index (χ1) is 12.2. The van der Waals surface area contributed by atoms with E-state index in [-0.39, 0.29) is 5.91 Å². The van der Waals surface area contributed by atoms with Gasteiger partial charge in [0.2, 0.25) is 0 Å². The van der Waals surface area contributed by atoms with Crippen molar-refractivity contribution in [1.82, 2.24) is 4.90 Å². The van der Waals surface area contributed by atoms with Gasteiger partial charge in [-0.15, -0.1) is 6.42 Å². The number of carbonyl (C=O) groups excluding carboxylic acids is 1. The third-order valence-electron chi connectivity index (χ3n) is 4.74. The molecule has 0 aliphatic carbocycles. The Morgan fingerprint density at radius 1 is 1.24 bits per heavy atom. The predicted octanol–water partition coefficient (Wildman–Crippen LogP) is 3.35. The summed E-state index contributed by atoms with van der Waals surface area (Å²) < 4.78 is 10.9. The van der Waals surface area contributed by atoms with E-state index in [0.717, 1.165) is 36.7 Å². The number of likely N-dealkylation sites (tertiary alicyclic amines) is 1. The van der Waals surface area contributed by atoms with Gasteiger partial charge in [0.25, 0.3) is 5.91 Å². The number of methoxy groups -OCH3 is 1. The van der Waals surface area contributed by atoms with Gasteiger partial charge in [-0.2, -0.15) is 0 Å². The fraction of sp³-hybridized carbons (Fsp3) is 0.381. The van der Waals surface area contributed by atoms with Gasteiger partial charge in [0.05, 0.1) is 19.3 Å². The first kappa shape index (κ1) is 17.3. The third-order valence-corrected chi connectivity index (χ3v) is 4.74. The minimum absolute atomic E-state index is 0.0330. The topological polar surface area (TPSA) is 38.8 Å². The van der Waals surface area contributed by atoms with Crippen LogP contribution in [0.15, 0.2) is 36.4 Å². The Morgan fingerprint density at radius 3 is 2.56 bits per heavy atom. The Morgan fingerprint density at radius 2 is 1.92 bits per heavy atom. The Balaban J connectivity index is 1.71. The molecule has 2 aromatic rings. The number of rotatable bonds is 5. The zero-order valence-corrected chi connectivity index (χ0v) is 14.5. The average Bonchev–Trinajstić information content (AvgIpc) is 2.67. The summed E-state index contributed by atoms with van der Waals surface area (Å²) in [7, 11) is 1.61. The van der Waals surface area contributed by atoms with Gasteiger partial charge in [-0.05, 0) is 41.7 Å². The van der Waals surface area contributed by atoms with E-state index in [1.165, 1.54) is 0 Å². The molecule has 0 aromatic heterocycles. The lowest BCUT2D eigenvalue weighted by Gasteiger charge is -2.32. The molecule has 0 N–H and O–H groups in total. The molecule has 0 bridgehead atoms. The Hall–Kier alpha value is -2.51. The van der Waals surface area contributed by atoms with Crippen LogP contribution in [-0.4, -0.2) is 44.2 Å². The number of benzene rings is 2. The second-order valence-corrected chi connectivity index (χ2v) is 6.35. The second-order valence-electron chi connectivity index (χ2n) is 6.35. The fourth-order valence-corrected chi connectivity index (χ4v) is 3.31. The minimum Gasteiger partial charge on any atom is -0.496 e. The van der Waals surface area contributed by atoms with Crippen LogP contribution in [-0.2, 0) is 4.74 Å². The van der Waals surface area contributed by atoms with Crippen LogP contribution in [0.2, 0.25) is 0 Å². The number of terminal acetylenes is 1. The summed E-state index contributed by atoms with van der Waals surface area (Å²) in [6.07, 6.45) is 7.07. The van der Waals surface area contributed by atoms with Crippen LogP contribution in [0.3, 0.4) is 0 Å². The molecule has 1 aliphatic heterocycles. The van der Waals surface area contributed by atoms with Crippen LogP contribution >= 0.6 is 0 Å². The molecule has 0 atom stereocenters. The summed E-state index contributed by atoms with van der Waals surface area (Å²) in [5, 5.41) is 2.12. The van der Waals surface area contributed by atoms with Crippen LogP contribution in [0.25, 0.3) is 10.8 Å². The van der Waals surface area contributed by atoms with Gasteiger partial charge in [0.1, 0.15) is 12.4 Å². The molecule has 130 valence electrons. The molecule has 0 saturated carbocycles. The number of hydrogen-bond acceptors (Lipinski definition) is 3. The highest BCUT2D eigenvalue weighted by molar-refractivity contribution is 6.01.